The Balaban J connectivity index is 2.25. The van der Waals surface area contributed by atoms with Crippen LogP contribution in [0.3, 0.4) is 0 Å². The Morgan fingerprint density at radius 1 is 1.16 bits per heavy atom. The lowest BCUT2D eigenvalue weighted by Gasteiger charge is -2.18. The summed E-state index contributed by atoms with van der Waals surface area (Å²) in [5.41, 5.74) is 0.833. The molecule has 0 aliphatic heterocycles. The Kier molecular flexibility index (Phi) is 5.88. The molecule has 0 aromatic heterocycles. The van der Waals surface area contributed by atoms with Crippen LogP contribution in [0.25, 0.3) is 0 Å². The molecule has 0 aliphatic rings. The van der Waals surface area contributed by atoms with Crippen molar-refractivity contribution < 1.29 is 22.0 Å². The molecule has 1 aromatic rings. The van der Waals surface area contributed by atoms with Crippen LogP contribution in [-0.4, -0.2) is 23.7 Å². The molecule has 8 heteroatoms. The Morgan fingerprint density at radius 3 is 2.42 bits per heavy atom. The molecule has 0 bridgehead atoms. The predicted molar refractivity (Wildman–Crippen MR) is 66.6 cm³/mol. The molecule has 0 spiro atoms. The Hall–Kier alpha value is -0.530. The summed E-state index contributed by atoms with van der Waals surface area (Å²) >= 11 is 5.32. The second kappa shape index (κ2) is 6.76. The van der Waals surface area contributed by atoms with E-state index in [-0.39, 0.29) is 12.3 Å². The van der Waals surface area contributed by atoms with Crippen molar-refractivity contribution in [2.24, 2.45) is 0 Å². The van der Waals surface area contributed by atoms with Crippen LogP contribution in [0, 0.1) is 0 Å². The maximum Gasteiger partial charge on any atom is 0.464 e. The molecule has 0 saturated carbocycles. The predicted octanol–water partition coefficient (Wildman–Crippen LogP) is 4.32. The summed E-state index contributed by atoms with van der Waals surface area (Å²) in [6.45, 7) is 0.404. The molecule has 19 heavy (non-hydrogen) atoms. The molecule has 0 saturated heterocycles. The van der Waals surface area contributed by atoms with Crippen molar-refractivity contribution >= 4 is 23.4 Å². The first kappa shape index (κ1) is 16.5. The minimum absolute atomic E-state index is 0.0445. The van der Waals surface area contributed by atoms with Gasteiger partial charge in [0.05, 0.1) is 0 Å². The van der Waals surface area contributed by atoms with E-state index in [0.717, 1.165) is 5.56 Å². The summed E-state index contributed by atoms with van der Waals surface area (Å²) in [6, 6.07) is 6.87. The number of halogens is 6. The lowest BCUT2D eigenvalue weighted by atomic mass is 10.2. The van der Waals surface area contributed by atoms with Gasteiger partial charge in [-0.1, -0.05) is 35.5 Å². The van der Waals surface area contributed by atoms with Crippen LogP contribution in [0.2, 0.25) is 5.02 Å². The molecular formula is C11H11ClF5NS. The molecule has 108 valence electrons. The van der Waals surface area contributed by atoms with Crippen molar-refractivity contribution in [3.8, 4) is 0 Å². The van der Waals surface area contributed by atoms with Gasteiger partial charge in [-0.05, 0) is 17.7 Å². The van der Waals surface area contributed by atoms with Gasteiger partial charge in [-0.15, -0.1) is 0 Å². The fraction of sp³-hybridized carbons (Fsp3) is 0.455. The summed E-state index contributed by atoms with van der Waals surface area (Å²) in [5.74, 6) is -0.340. The third kappa shape index (κ3) is 5.54. The van der Waals surface area contributed by atoms with Crippen LogP contribution in [-0.2, 0) is 6.54 Å². The van der Waals surface area contributed by atoms with Gasteiger partial charge in [0.15, 0.2) is 0 Å². The minimum atomic E-state index is -5.51. The highest BCUT2D eigenvalue weighted by molar-refractivity contribution is 8.00. The van der Waals surface area contributed by atoms with Gasteiger partial charge in [-0.2, -0.15) is 22.0 Å². The number of rotatable bonds is 6. The summed E-state index contributed by atoms with van der Waals surface area (Å²) in [5, 5.41) is -1.39. The van der Waals surface area contributed by atoms with Crippen LogP contribution in [0.15, 0.2) is 24.3 Å². The SMILES string of the molecule is FC(F)(F)C(F)(F)SCCNCc1cccc(Cl)c1. The second-order valence-corrected chi connectivity index (χ2v) is 5.32. The first-order valence-electron chi connectivity index (χ1n) is 5.26. The minimum Gasteiger partial charge on any atom is -0.312 e. The summed E-state index contributed by atoms with van der Waals surface area (Å²) in [4.78, 5) is 0. The van der Waals surface area contributed by atoms with Crippen LogP contribution >= 0.6 is 23.4 Å². The molecular weight excluding hydrogens is 309 g/mol. The zero-order valence-electron chi connectivity index (χ0n) is 9.61. The summed E-state index contributed by atoms with van der Waals surface area (Å²) in [7, 11) is 0. The van der Waals surface area contributed by atoms with Crippen molar-refractivity contribution in [1.29, 1.82) is 0 Å². The van der Waals surface area contributed by atoms with Gasteiger partial charge < -0.3 is 5.32 Å². The number of nitrogens with one attached hydrogen (secondary N) is 1. The molecule has 0 amide bonds. The number of hydrogen-bond acceptors (Lipinski definition) is 2. The standard InChI is InChI=1S/C11H11ClF5NS/c12-9-3-1-2-8(6-9)7-18-4-5-19-11(16,17)10(13,14)15/h1-3,6,18H,4-5,7H2. The van der Waals surface area contributed by atoms with Gasteiger partial charge in [0.1, 0.15) is 0 Å². The smallest absolute Gasteiger partial charge is 0.312 e. The van der Waals surface area contributed by atoms with Crippen LogP contribution < -0.4 is 5.32 Å². The molecule has 1 rings (SSSR count). The fourth-order valence-corrected chi connectivity index (χ4v) is 2.09. The Bertz CT molecular complexity index is 410. The maximum absolute atomic E-state index is 12.5. The van der Waals surface area contributed by atoms with E-state index in [1.54, 1.807) is 24.3 Å². The van der Waals surface area contributed by atoms with E-state index in [1.807, 2.05) is 0 Å². The zero-order valence-corrected chi connectivity index (χ0v) is 11.2. The van der Waals surface area contributed by atoms with E-state index in [2.05, 4.69) is 5.32 Å². The largest absolute Gasteiger partial charge is 0.464 e. The van der Waals surface area contributed by atoms with Crippen molar-refractivity contribution in [2.45, 2.75) is 18.0 Å². The average Bonchev–Trinajstić information content (AvgIpc) is 2.27. The molecule has 0 unspecified atom stereocenters. The lowest BCUT2D eigenvalue weighted by Crippen LogP contribution is -2.34. The van der Waals surface area contributed by atoms with Gasteiger partial charge in [0.25, 0.3) is 0 Å². The van der Waals surface area contributed by atoms with E-state index >= 15 is 0 Å². The number of thioether (sulfide) groups is 1. The number of hydrogen-bond donors (Lipinski definition) is 1. The maximum atomic E-state index is 12.5. The number of alkyl halides is 5. The van der Waals surface area contributed by atoms with Crippen molar-refractivity contribution in [2.75, 3.05) is 12.3 Å². The molecule has 0 radical (unpaired) electrons. The van der Waals surface area contributed by atoms with Crippen molar-refractivity contribution in [1.82, 2.24) is 5.32 Å². The highest BCUT2D eigenvalue weighted by Gasteiger charge is 2.57. The van der Waals surface area contributed by atoms with Gasteiger partial charge in [0, 0.05) is 23.9 Å². The van der Waals surface area contributed by atoms with E-state index in [0.29, 0.717) is 11.6 Å². The molecule has 1 N–H and O–H groups in total. The van der Waals surface area contributed by atoms with E-state index in [9.17, 15) is 22.0 Å². The quantitative estimate of drug-likeness (QED) is 0.619. The first-order chi connectivity index (χ1) is 8.72. The first-order valence-corrected chi connectivity index (χ1v) is 6.62. The monoisotopic (exact) mass is 319 g/mol. The topological polar surface area (TPSA) is 12.0 Å². The third-order valence-corrected chi connectivity index (χ3v) is 3.35. The average molecular weight is 320 g/mol. The normalized spacial score (nSPS) is 12.7. The van der Waals surface area contributed by atoms with Crippen molar-refractivity contribution in [3.63, 3.8) is 0 Å². The van der Waals surface area contributed by atoms with Gasteiger partial charge in [-0.25, -0.2) is 0 Å². The second-order valence-electron chi connectivity index (χ2n) is 3.67. The molecule has 1 nitrogen and oxygen atoms in total. The molecule has 0 aliphatic carbocycles. The molecule has 0 heterocycles. The van der Waals surface area contributed by atoms with E-state index in [1.165, 1.54) is 0 Å². The molecule has 0 atom stereocenters. The highest BCUT2D eigenvalue weighted by atomic mass is 35.5. The Labute approximate surface area is 116 Å². The van der Waals surface area contributed by atoms with Gasteiger partial charge in [0.2, 0.25) is 0 Å². The van der Waals surface area contributed by atoms with Crippen LogP contribution in [0.5, 0.6) is 0 Å². The summed E-state index contributed by atoms with van der Waals surface area (Å²) < 4.78 is 60.6. The third-order valence-electron chi connectivity index (χ3n) is 2.11. The molecule has 0 fully saturated rings. The fourth-order valence-electron chi connectivity index (χ4n) is 1.21. The van der Waals surface area contributed by atoms with Crippen molar-refractivity contribution in [3.05, 3.63) is 34.9 Å². The van der Waals surface area contributed by atoms with Gasteiger partial charge >= 0.3 is 11.4 Å². The summed E-state index contributed by atoms with van der Waals surface area (Å²) in [6.07, 6.45) is -5.51. The van der Waals surface area contributed by atoms with Gasteiger partial charge in [-0.3, -0.25) is 0 Å². The van der Waals surface area contributed by atoms with Crippen LogP contribution in [0.4, 0.5) is 22.0 Å². The van der Waals surface area contributed by atoms with E-state index < -0.39 is 23.2 Å². The molecule has 1 aromatic carbocycles. The Morgan fingerprint density at radius 2 is 1.84 bits per heavy atom. The number of benzene rings is 1. The zero-order chi connectivity index (χ0) is 14.5. The van der Waals surface area contributed by atoms with E-state index in [4.69, 9.17) is 11.6 Å². The highest BCUT2D eigenvalue weighted by Crippen LogP contribution is 2.43. The van der Waals surface area contributed by atoms with Crippen LogP contribution in [0.1, 0.15) is 5.56 Å². The lowest BCUT2D eigenvalue weighted by molar-refractivity contribution is -0.237.